The average molecular weight is 195 g/mol. The van der Waals surface area contributed by atoms with Crippen molar-refractivity contribution in [2.75, 3.05) is 13.1 Å². The molecule has 14 heavy (non-hydrogen) atoms. The first-order valence-corrected chi connectivity index (χ1v) is 4.74. The molecular weight excluding hydrogens is 181 g/mol. The summed E-state index contributed by atoms with van der Waals surface area (Å²) in [5.74, 6) is 0.105. The maximum Gasteiger partial charge on any atom is 0.123 e. The van der Waals surface area contributed by atoms with E-state index in [0.717, 1.165) is 18.7 Å². The number of benzene rings is 1. The van der Waals surface area contributed by atoms with Crippen LogP contribution >= 0.6 is 0 Å². The molecule has 0 spiro atoms. The molecule has 1 heterocycles. The highest BCUT2D eigenvalue weighted by atomic mass is 19.1. The predicted octanol–water partition coefficient (Wildman–Crippen LogP) is 0.549. The Bertz CT molecular complexity index is 310. The molecule has 0 amide bonds. The first kappa shape index (κ1) is 9.58. The van der Waals surface area contributed by atoms with Crippen molar-refractivity contribution in [1.82, 2.24) is 10.9 Å². The van der Waals surface area contributed by atoms with Gasteiger partial charge in [-0.3, -0.25) is 10.9 Å². The van der Waals surface area contributed by atoms with Crippen molar-refractivity contribution in [2.24, 2.45) is 11.7 Å². The number of hydrazine groups is 1. The van der Waals surface area contributed by atoms with E-state index < -0.39 is 0 Å². The van der Waals surface area contributed by atoms with Gasteiger partial charge in [0.25, 0.3) is 0 Å². The number of halogens is 1. The van der Waals surface area contributed by atoms with Crippen LogP contribution in [0, 0.1) is 11.7 Å². The van der Waals surface area contributed by atoms with Gasteiger partial charge < -0.3 is 5.73 Å². The molecule has 76 valence electrons. The van der Waals surface area contributed by atoms with Gasteiger partial charge in [-0.15, -0.1) is 0 Å². The molecule has 0 aromatic heterocycles. The molecule has 0 saturated carbocycles. The lowest BCUT2D eigenvalue weighted by molar-refractivity contribution is 0.487. The minimum Gasteiger partial charge on any atom is -0.324 e. The SMILES string of the molecule is NC(c1cccc(F)c1)C1CNNC1. The fraction of sp³-hybridized carbons (Fsp3) is 0.400. The van der Waals surface area contributed by atoms with Crippen LogP contribution in [-0.2, 0) is 0 Å². The Morgan fingerprint density at radius 2 is 2.07 bits per heavy atom. The van der Waals surface area contributed by atoms with Crippen LogP contribution in [0.2, 0.25) is 0 Å². The summed E-state index contributed by atoms with van der Waals surface area (Å²) in [6.07, 6.45) is 0. The van der Waals surface area contributed by atoms with Gasteiger partial charge in [-0.1, -0.05) is 12.1 Å². The zero-order valence-electron chi connectivity index (χ0n) is 7.83. The summed E-state index contributed by atoms with van der Waals surface area (Å²) in [6, 6.07) is 6.39. The van der Waals surface area contributed by atoms with Crippen molar-refractivity contribution in [2.45, 2.75) is 6.04 Å². The Labute approximate surface area is 82.5 Å². The van der Waals surface area contributed by atoms with Gasteiger partial charge in [0, 0.05) is 25.0 Å². The van der Waals surface area contributed by atoms with Crippen LogP contribution in [0.4, 0.5) is 4.39 Å². The molecule has 1 aliphatic heterocycles. The summed E-state index contributed by atoms with van der Waals surface area (Å²) in [5.41, 5.74) is 12.9. The van der Waals surface area contributed by atoms with E-state index in [0.29, 0.717) is 5.92 Å². The van der Waals surface area contributed by atoms with Crippen molar-refractivity contribution in [1.29, 1.82) is 0 Å². The maximum atomic E-state index is 12.9. The summed E-state index contributed by atoms with van der Waals surface area (Å²) in [6.45, 7) is 1.66. The topological polar surface area (TPSA) is 50.1 Å². The Hall–Kier alpha value is -0.970. The average Bonchev–Trinajstić information content (AvgIpc) is 2.69. The predicted molar refractivity (Wildman–Crippen MR) is 52.8 cm³/mol. The Morgan fingerprint density at radius 3 is 2.71 bits per heavy atom. The fourth-order valence-electron chi connectivity index (χ4n) is 1.72. The number of hydrogen-bond donors (Lipinski definition) is 3. The summed E-state index contributed by atoms with van der Waals surface area (Å²) < 4.78 is 12.9. The molecular formula is C10H14FN3. The molecule has 1 unspecified atom stereocenters. The molecule has 3 nitrogen and oxygen atoms in total. The van der Waals surface area contributed by atoms with Crippen LogP contribution in [0.15, 0.2) is 24.3 Å². The van der Waals surface area contributed by atoms with Crippen molar-refractivity contribution in [3.8, 4) is 0 Å². The van der Waals surface area contributed by atoms with Gasteiger partial charge in [0.15, 0.2) is 0 Å². The van der Waals surface area contributed by atoms with E-state index in [2.05, 4.69) is 10.9 Å². The lowest BCUT2D eigenvalue weighted by Gasteiger charge is -2.17. The molecule has 1 aromatic rings. The van der Waals surface area contributed by atoms with Crippen LogP contribution in [0.5, 0.6) is 0 Å². The van der Waals surface area contributed by atoms with Crippen molar-refractivity contribution in [3.63, 3.8) is 0 Å². The highest BCUT2D eigenvalue weighted by molar-refractivity contribution is 5.20. The van der Waals surface area contributed by atoms with Crippen LogP contribution < -0.4 is 16.6 Å². The molecule has 1 atom stereocenters. The van der Waals surface area contributed by atoms with E-state index in [9.17, 15) is 4.39 Å². The molecule has 1 aromatic carbocycles. The molecule has 0 bridgehead atoms. The molecule has 4 heteroatoms. The second-order valence-corrected chi connectivity index (χ2v) is 3.60. The van der Waals surface area contributed by atoms with E-state index in [1.165, 1.54) is 12.1 Å². The zero-order valence-corrected chi connectivity index (χ0v) is 7.83. The third-order valence-corrected chi connectivity index (χ3v) is 2.59. The smallest absolute Gasteiger partial charge is 0.123 e. The molecule has 0 aliphatic carbocycles. The highest BCUT2D eigenvalue weighted by Gasteiger charge is 2.22. The van der Waals surface area contributed by atoms with Crippen LogP contribution in [-0.4, -0.2) is 13.1 Å². The normalized spacial score (nSPS) is 19.9. The van der Waals surface area contributed by atoms with Gasteiger partial charge in [0.2, 0.25) is 0 Å². The standard InChI is InChI=1S/C10H14FN3/c11-9-3-1-2-7(4-9)10(12)8-5-13-14-6-8/h1-4,8,10,13-14H,5-6,12H2. The Morgan fingerprint density at radius 1 is 1.36 bits per heavy atom. The van der Waals surface area contributed by atoms with E-state index in [4.69, 9.17) is 5.73 Å². The summed E-state index contributed by atoms with van der Waals surface area (Å²) in [4.78, 5) is 0. The van der Waals surface area contributed by atoms with E-state index in [-0.39, 0.29) is 11.9 Å². The number of hydrogen-bond acceptors (Lipinski definition) is 3. The van der Waals surface area contributed by atoms with Gasteiger partial charge >= 0.3 is 0 Å². The molecule has 4 N–H and O–H groups in total. The lowest BCUT2D eigenvalue weighted by Crippen LogP contribution is -2.25. The van der Waals surface area contributed by atoms with Crippen molar-refractivity contribution < 1.29 is 4.39 Å². The Kier molecular flexibility index (Phi) is 2.77. The minimum atomic E-state index is -0.225. The van der Waals surface area contributed by atoms with Crippen molar-refractivity contribution >= 4 is 0 Å². The van der Waals surface area contributed by atoms with Crippen LogP contribution in [0.25, 0.3) is 0 Å². The zero-order chi connectivity index (χ0) is 9.97. The van der Waals surface area contributed by atoms with E-state index >= 15 is 0 Å². The quantitative estimate of drug-likeness (QED) is 0.646. The van der Waals surface area contributed by atoms with Gasteiger partial charge in [0.1, 0.15) is 5.82 Å². The van der Waals surface area contributed by atoms with E-state index in [1.807, 2.05) is 6.07 Å². The van der Waals surface area contributed by atoms with E-state index in [1.54, 1.807) is 6.07 Å². The maximum absolute atomic E-state index is 12.9. The molecule has 1 aliphatic rings. The molecule has 0 radical (unpaired) electrons. The van der Waals surface area contributed by atoms with Gasteiger partial charge in [-0.2, -0.15) is 0 Å². The van der Waals surface area contributed by atoms with Crippen molar-refractivity contribution in [3.05, 3.63) is 35.6 Å². The Balaban J connectivity index is 2.13. The first-order chi connectivity index (χ1) is 6.77. The summed E-state index contributed by atoms with van der Waals surface area (Å²) in [7, 11) is 0. The molecule has 1 fully saturated rings. The number of nitrogens with one attached hydrogen (secondary N) is 2. The molecule has 2 rings (SSSR count). The van der Waals surface area contributed by atoms with Crippen LogP contribution in [0.3, 0.4) is 0 Å². The first-order valence-electron chi connectivity index (χ1n) is 4.74. The third kappa shape index (κ3) is 1.92. The second kappa shape index (κ2) is 4.04. The highest BCUT2D eigenvalue weighted by Crippen LogP contribution is 2.20. The van der Waals surface area contributed by atoms with Gasteiger partial charge in [0.05, 0.1) is 0 Å². The summed E-state index contributed by atoms with van der Waals surface area (Å²) >= 11 is 0. The van der Waals surface area contributed by atoms with Gasteiger partial charge in [-0.25, -0.2) is 4.39 Å². The van der Waals surface area contributed by atoms with Gasteiger partial charge in [-0.05, 0) is 17.7 Å². The third-order valence-electron chi connectivity index (χ3n) is 2.59. The van der Waals surface area contributed by atoms with Crippen LogP contribution in [0.1, 0.15) is 11.6 Å². The second-order valence-electron chi connectivity index (χ2n) is 3.60. The minimum absolute atomic E-state index is 0.104. The molecule has 1 saturated heterocycles. The fourth-order valence-corrected chi connectivity index (χ4v) is 1.72. The number of nitrogens with two attached hydrogens (primary N) is 1. The monoisotopic (exact) mass is 195 g/mol. The summed E-state index contributed by atoms with van der Waals surface area (Å²) in [5, 5.41) is 0. The number of rotatable bonds is 2. The largest absolute Gasteiger partial charge is 0.324 e. The lowest BCUT2D eigenvalue weighted by atomic mass is 9.95.